The molecule has 5 heteroatoms. The van der Waals surface area contributed by atoms with Crippen molar-refractivity contribution in [2.45, 2.75) is 40.2 Å². The molecule has 0 aromatic heterocycles. The molecule has 0 heterocycles. The normalized spacial score (nSPS) is 10.8. The molecule has 0 aliphatic carbocycles. The average molecular weight is 299 g/mol. The van der Waals surface area contributed by atoms with Gasteiger partial charge in [0.2, 0.25) is 0 Å². The SMILES string of the molecule is CCC[Si](OCC)(OCC)OCC.Nc1ccccc1. The van der Waals surface area contributed by atoms with E-state index in [4.69, 9.17) is 19.0 Å². The highest BCUT2D eigenvalue weighted by Gasteiger charge is 2.38. The number of anilines is 1. The Hall–Kier alpha value is -0.883. The van der Waals surface area contributed by atoms with E-state index in [9.17, 15) is 0 Å². The van der Waals surface area contributed by atoms with Gasteiger partial charge in [-0.25, -0.2) is 0 Å². The lowest BCUT2D eigenvalue weighted by atomic mass is 10.3. The molecule has 0 radical (unpaired) electrons. The highest BCUT2D eigenvalue weighted by molar-refractivity contribution is 6.60. The molecule has 0 saturated carbocycles. The van der Waals surface area contributed by atoms with Crippen LogP contribution in [0.2, 0.25) is 6.04 Å². The molecule has 0 unspecified atom stereocenters. The van der Waals surface area contributed by atoms with Gasteiger partial charge in [0, 0.05) is 31.6 Å². The summed E-state index contributed by atoms with van der Waals surface area (Å²) in [6.07, 6.45) is 1.05. The maximum Gasteiger partial charge on any atom is 0.500 e. The van der Waals surface area contributed by atoms with E-state index >= 15 is 0 Å². The van der Waals surface area contributed by atoms with Crippen LogP contribution >= 0.6 is 0 Å². The van der Waals surface area contributed by atoms with Crippen molar-refractivity contribution >= 4 is 14.5 Å². The molecule has 116 valence electrons. The lowest BCUT2D eigenvalue weighted by Gasteiger charge is -2.27. The molecule has 1 aromatic rings. The van der Waals surface area contributed by atoms with Crippen LogP contribution in [0.4, 0.5) is 5.69 Å². The second-order valence-electron chi connectivity index (χ2n) is 4.14. The zero-order valence-corrected chi connectivity index (χ0v) is 14.2. The van der Waals surface area contributed by atoms with Crippen molar-refractivity contribution in [3.63, 3.8) is 0 Å². The number of para-hydroxylation sites is 1. The molecule has 20 heavy (non-hydrogen) atoms. The molecule has 1 rings (SSSR count). The summed E-state index contributed by atoms with van der Waals surface area (Å²) in [5.74, 6) is 0. The van der Waals surface area contributed by atoms with Crippen LogP contribution < -0.4 is 5.73 Å². The second-order valence-corrected chi connectivity index (χ2v) is 6.87. The highest BCUT2D eigenvalue weighted by atomic mass is 28.4. The van der Waals surface area contributed by atoms with E-state index in [0.29, 0.717) is 19.8 Å². The van der Waals surface area contributed by atoms with Crippen molar-refractivity contribution in [3.8, 4) is 0 Å². The van der Waals surface area contributed by atoms with Gasteiger partial charge in [0.05, 0.1) is 0 Å². The van der Waals surface area contributed by atoms with E-state index in [-0.39, 0.29) is 0 Å². The molecule has 0 spiro atoms. The largest absolute Gasteiger partial charge is 0.500 e. The monoisotopic (exact) mass is 299 g/mol. The molecule has 0 aliphatic heterocycles. The van der Waals surface area contributed by atoms with E-state index in [1.807, 2.05) is 51.1 Å². The average Bonchev–Trinajstić information content (AvgIpc) is 2.41. The summed E-state index contributed by atoms with van der Waals surface area (Å²) in [6, 6.07) is 10.4. The summed E-state index contributed by atoms with van der Waals surface area (Å²) in [5, 5.41) is 0. The fourth-order valence-corrected chi connectivity index (χ4v) is 4.38. The van der Waals surface area contributed by atoms with Crippen molar-refractivity contribution in [2.75, 3.05) is 25.6 Å². The predicted molar refractivity (Wildman–Crippen MR) is 86.6 cm³/mol. The fraction of sp³-hybridized carbons (Fsp3) is 0.600. The van der Waals surface area contributed by atoms with Crippen LogP contribution in [0.1, 0.15) is 34.1 Å². The molecule has 0 fully saturated rings. The summed E-state index contributed by atoms with van der Waals surface area (Å²) >= 11 is 0. The Morgan fingerprint density at radius 3 is 1.55 bits per heavy atom. The molecule has 0 aliphatic rings. The number of nitrogens with two attached hydrogens (primary N) is 1. The quantitative estimate of drug-likeness (QED) is 0.587. The van der Waals surface area contributed by atoms with Gasteiger partial charge in [-0.1, -0.05) is 31.5 Å². The Balaban J connectivity index is 0.000000428. The van der Waals surface area contributed by atoms with Crippen molar-refractivity contribution in [1.29, 1.82) is 0 Å². The summed E-state index contributed by atoms with van der Waals surface area (Å²) in [4.78, 5) is 0. The van der Waals surface area contributed by atoms with Crippen LogP contribution in [0, 0.1) is 0 Å². The second kappa shape index (κ2) is 11.9. The first-order valence-corrected chi connectivity index (χ1v) is 9.29. The van der Waals surface area contributed by atoms with Crippen molar-refractivity contribution in [3.05, 3.63) is 30.3 Å². The number of hydrogen-bond donors (Lipinski definition) is 1. The number of rotatable bonds is 8. The van der Waals surface area contributed by atoms with Crippen LogP contribution in [0.5, 0.6) is 0 Å². The van der Waals surface area contributed by atoms with Gasteiger partial charge in [-0.3, -0.25) is 0 Å². The van der Waals surface area contributed by atoms with Crippen LogP contribution in [0.15, 0.2) is 30.3 Å². The third-order valence-corrected chi connectivity index (χ3v) is 5.75. The van der Waals surface area contributed by atoms with Gasteiger partial charge in [-0.05, 0) is 32.9 Å². The van der Waals surface area contributed by atoms with E-state index < -0.39 is 8.80 Å². The molecule has 4 nitrogen and oxygen atoms in total. The van der Waals surface area contributed by atoms with Gasteiger partial charge in [0.1, 0.15) is 0 Å². The fourth-order valence-electron chi connectivity index (χ4n) is 1.76. The molecule has 0 saturated heterocycles. The van der Waals surface area contributed by atoms with Gasteiger partial charge in [0.15, 0.2) is 0 Å². The van der Waals surface area contributed by atoms with Crippen LogP contribution in [0.25, 0.3) is 0 Å². The minimum absolute atomic E-state index is 0.673. The lowest BCUT2D eigenvalue weighted by molar-refractivity contribution is 0.0712. The van der Waals surface area contributed by atoms with Gasteiger partial charge < -0.3 is 19.0 Å². The number of benzene rings is 1. The van der Waals surface area contributed by atoms with Crippen LogP contribution in [0.3, 0.4) is 0 Å². The molecule has 1 aromatic carbocycles. The molecule has 0 atom stereocenters. The van der Waals surface area contributed by atoms with Gasteiger partial charge in [0.25, 0.3) is 0 Å². The van der Waals surface area contributed by atoms with E-state index in [1.54, 1.807) is 0 Å². The van der Waals surface area contributed by atoms with Crippen molar-refractivity contribution in [1.82, 2.24) is 0 Å². The topological polar surface area (TPSA) is 53.7 Å². The Labute approximate surface area is 124 Å². The summed E-state index contributed by atoms with van der Waals surface area (Å²) in [7, 11) is -2.30. The zero-order chi connectivity index (χ0) is 15.3. The predicted octanol–water partition coefficient (Wildman–Crippen LogP) is 3.71. The Morgan fingerprint density at radius 1 is 0.850 bits per heavy atom. The smallest absolute Gasteiger partial charge is 0.399 e. The molecule has 2 N–H and O–H groups in total. The van der Waals surface area contributed by atoms with Crippen LogP contribution in [-0.2, 0) is 13.3 Å². The third-order valence-electron chi connectivity index (χ3n) is 2.45. The van der Waals surface area contributed by atoms with Crippen LogP contribution in [-0.4, -0.2) is 28.6 Å². The Morgan fingerprint density at radius 2 is 1.30 bits per heavy atom. The van der Waals surface area contributed by atoms with Gasteiger partial charge >= 0.3 is 8.80 Å². The van der Waals surface area contributed by atoms with E-state index in [2.05, 4.69) is 6.92 Å². The minimum atomic E-state index is -2.30. The minimum Gasteiger partial charge on any atom is -0.399 e. The number of hydrogen-bond acceptors (Lipinski definition) is 4. The first-order chi connectivity index (χ1) is 9.64. The maximum absolute atomic E-state index is 5.65. The molecular weight excluding hydrogens is 270 g/mol. The maximum atomic E-state index is 5.65. The standard InChI is InChI=1S/C9H22O3Si.C6H7N/c1-5-9-13(10-6-2,11-7-3)12-8-4;7-6-4-2-1-3-5-6/h5-9H2,1-4H3;1-5H,7H2. The van der Waals surface area contributed by atoms with E-state index in [1.165, 1.54) is 0 Å². The first kappa shape index (κ1) is 19.1. The van der Waals surface area contributed by atoms with Gasteiger partial charge in [-0.15, -0.1) is 0 Å². The highest BCUT2D eigenvalue weighted by Crippen LogP contribution is 2.17. The first-order valence-electron chi connectivity index (χ1n) is 7.36. The third kappa shape index (κ3) is 8.32. The Kier molecular flexibility index (Phi) is 11.4. The lowest BCUT2D eigenvalue weighted by Crippen LogP contribution is -2.45. The van der Waals surface area contributed by atoms with Crippen molar-refractivity contribution in [2.24, 2.45) is 0 Å². The number of nitrogen functional groups attached to an aromatic ring is 1. The zero-order valence-electron chi connectivity index (χ0n) is 13.2. The Bertz CT molecular complexity index is 293. The molecule has 0 bridgehead atoms. The van der Waals surface area contributed by atoms with E-state index in [0.717, 1.165) is 18.2 Å². The molecule has 0 amide bonds. The van der Waals surface area contributed by atoms with Gasteiger partial charge in [-0.2, -0.15) is 0 Å². The summed E-state index contributed by atoms with van der Waals surface area (Å²) in [5.41, 5.74) is 6.18. The summed E-state index contributed by atoms with van der Waals surface area (Å²) < 4.78 is 16.9. The summed E-state index contributed by atoms with van der Waals surface area (Å²) in [6.45, 7) is 10.1. The molecular formula is C15H29NO3Si. The van der Waals surface area contributed by atoms with Crippen molar-refractivity contribution < 1.29 is 13.3 Å².